The number of hydrogen-bond acceptors (Lipinski definition) is 6. The van der Waals surface area contributed by atoms with E-state index in [2.05, 4.69) is 15.2 Å². The van der Waals surface area contributed by atoms with E-state index < -0.39 is 11.8 Å². The summed E-state index contributed by atoms with van der Waals surface area (Å²) >= 11 is 0. The monoisotopic (exact) mass is 279 g/mol. The summed E-state index contributed by atoms with van der Waals surface area (Å²) in [4.78, 5) is 11.5. The van der Waals surface area contributed by atoms with Crippen molar-refractivity contribution in [2.45, 2.75) is 13.5 Å². The number of nitrogen functional groups attached to an aromatic ring is 1. The highest BCUT2D eigenvalue weighted by Gasteiger charge is 2.15. The van der Waals surface area contributed by atoms with Gasteiger partial charge in [-0.05, 0) is 19.1 Å². The number of hydrogen-bond donors (Lipinski definition) is 2. The quantitative estimate of drug-likeness (QED) is 0.658. The minimum absolute atomic E-state index is 0.0235. The van der Waals surface area contributed by atoms with Gasteiger partial charge in [-0.2, -0.15) is 0 Å². The van der Waals surface area contributed by atoms with E-state index in [0.29, 0.717) is 5.76 Å². The van der Waals surface area contributed by atoms with Gasteiger partial charge in [0.25, 0.3) is 0 Å². The van der Waals surface area contributed by atoms with Crippen LogP contribution in [-0.4, -0.2) is 18.2 Å². The maximum atomic E-state index is 13.8. The molecule has 0 aliphatic carbocycles. The molecule has 0 saturated heterocycles. The molecule has 2 rings (SSSR count). The van der Waals surface area contributed by atoms with E-state index in [0.717, 1.165) is 11.8 Å². The first-order valence-electron chi connectivity index (χ1n) is 5.84. The van der Waals surface area contributed by atoms with Crippen molar-refractivity contribution in [2.24, 2.45) is 0 Å². The zero-order chi connectivity index (χ0) is 14.7. The summed E-state index contributed by atoms with van der Waals surface area (Å²) < 4.78 is 23.3. The summed E-state index contributed by atoms with van der Waals surface area (Å²) in [5.41, 5.74) is 6.57. The standard InChI is InChI=1S/C13H14FN3O3/c1-7-3-8(20-17-7)6-16-12-4-9(13(18)19-2)11(15)5-10(12)14/h3-5,16H,6,15H2,1-2H3. The Balaban J connectivity index is 2.20. The summed E-state index contributed by atoms with van der Waals surface area (Å²) in [5.74, 6) is -0.634. The van der Waals surface area contributed by atoms with Crippen molar-refractivity contribution in [2.75, 3.05) is 18.2 Å². The zero-order valence-corrected chi connectivity index (χ0v) is 11.1. The number of anilines is 2. The number of nitrogens with two attached hydrogens (primary N) is 1. The van der Waals surface area contributed by atoms with E-state index in [-0.39, 0.29) is 23.5 Å². The molecule has 0 unspecified atom stereocenters. The van der Waals surface area contributed by atoms with Crippen LogP contribution < -0.4 is 11.1 Å². The lowest BCUT2D eigenvalue weighted by Crippen LogP contribution is -2.09. The van der Waals surface area contributed by atoms with Crippen LogP contribution in [0.1, 0.15) is 21.8 Å². The van der Waals surface area contributed by atoms with E-state index in [4.69, 9.17) is 10.3 Å². The van der Waals surface area contributed by atoms with Crippen molar-refractivity contribution in [3.63, 3.8) is 0 Å². The highest BCUT2D eigenvalue weighted by molar-refractivity contribution is 5.96. The van der Waals surface area contributed by atoms with E-state index in [1.54, 1.807) is 13.0 Å². The number of carbonyl (C=O) groups is 1. The van der Waals surface area contributed by atoms with E-state index in [1.165, 1.54) is 13.2 Å². The number of nitrogens with zero attached hydrogens (tertiary/aromatic N) is 1. The molecule has 0 amide bonds. The van der Waals surface area contributed by atoms with Crippen molar-refractivity contribution in [1.29, 1.82) is 0 Å². The van der Waals surface area contributed by atoms with Gasteiger partial charge in [0.2, 0.25) is 0 Å². The lowest BCUT2D eigenvalue weighted by atomic mass is 10.1. The third kappa shape index (κ3) is 2.87. The molecule has 0 saturated carbocycles. The van der Waals surface area contributed by atoms with Gasteiger partial charge in [0.05, 0.1) is 30.6 Å². The molecule has 1 aromatic carbocycles. The summed E-state index contributed by atoms with van der Waals surface area (Å²) in [7, 11) is 1.23. The Morgan fingerprint density at radius 2 is 2.25 bits per heavy atom. The number of aromatic nitrogens is 1. The molecule has 7 heteroatoms. The molecular weight excluding hydrogens is 265 g/mol. The molecule has 20 heavy (non-hydrogen) atoms. The van der Waals surface area contributed by atoms with Gasteiger partial charge in [0.15, 0.2) is 5.76 Å². The topological polar surface area (TPSA) is 90.4 Å². The summed E-state index contributed by atoms with van der Waals surface area (Å²) in [5, 5.41) is 6.54. The van der Waals surface area contributed by atoms with Gasteiger partial charge in [0, 0.05) is 11.8 Å². The maximum absolute atomic E-state index is 13.8. The molecular formula is C13H14FN3O3. The third-order valence-corrected chi connectivity index (χ3v) is 2.67. The number of nitrogens with one attached hydrogen (secondary N) is 1. The zero-order valence-electron chi connectivity index (χ0n) is 11.1. The Labute approximate surface area is 114 Å². The SMILES string of the molecule is COC(=O)c1cc(NCc2cc(C)no2)c(F)cc1N. The van der Waals surface area contributed by atoms with Crippen LogP contribution in [0.25, 0.3) is 0 Å². The second kappa shape index (κ2) is 5.60. The van der Waals surface area contributed by atoms with Crippen molar-refractivity contribution in [3.05, 3.63) is 41.0 Å². The van der Waals surface area contributed by atoms with Gasteiger partial charge in [0.1, 0.15) is 5.82 Å². The normalized spacial score (nSPS) is 10.3. The maximum Gasteiger partial charge on any atom is 0.340 e. The number of benzene rings is 1. The van der Waals surface area contributed by atoms with Gasteiger partial charge >= 0.3 is 5.97 Å². The summed E-state index contributed by atoms with van der Waals surface area (Å²) in [6, 6.07) is 4.10. The molecule has 2 aromatic rings. The molecule has 0 atom stereocenters. The lowest BCUT2D eigenvalue weighted by Gasteiger charge is -2.10. The molecule has 1 aromatic heterocycles. The predicted octanol–water partition coefficient (Wildman–Crippen LogP) is 2.10. The number of aryl methyl sites for hydroxylation is 1. The van der Waals surface area contributed by atoms with Crippen LogP contribution in [0.2, 0.25) is 0 Å². The van der Waals surface area contributed by atoms with Crippen LogP contribution >= 0.6 is 0 Å². The fraction of sp³-hybridized carbons (Fsp3) is 0.231. The number of carbonyl (C=O) groups excluding carboxylic acids is 1. The molecule has 1 heterocycles. The summed E-state index contributed by atoms with van der Waals surface area (Å²) in [6.07, 6.45) is 0. The van der Waals surface area contributed by atoms with E-state index in [9.17, 15) is 9.18 Å². The predicted molar refractivity (Wildman–Crippen MR) is 70.7 cm³/mol. The minimum atomic E-state index is -0.624. The second-order valence-corrected chi connectivity index (χ2v) is 4.20. The number of halogens is 1. The molecule has 6 nitrogen and oxygen atoms in total. The summed E-state index contributed by atoms with van der Waals surface area (Å²) in [6.45, 7) is 2.02. The Bertz CT molecular complexity index is 640. The minimum Gasteiger partial charge on any atom is -0.465 e. The number of rotatable bonds is 4. The molecule has 0 aliphatic heterocycles. The molecule has 0 fully saturated rings. The van der Waals surface area contributed by atoms with Crippen LogP contribution in [0.15, 0.2) is 22.7 Å². The van der Waals surface area contributed by atoms with Crippen LogP contribution in [0.5, 0.6) is 0 Å². The van der Waals surface area contributed by atoms with Gasteiger partial charge in [-0.25, -0.2) is 9.18 Å². The van der Waals surface area contributed by atoms with Crippen LogP contribution in [0.4, 0.5) is 15.8 Å². The number of esters is 1. The first-order chi connectivity index (χ1) is 9.51. The van der Waals surface area contributed by atoms with Gasteiger partial charge in [-0.15, -0.1) is 0 Å². The van der Waals surface area contributed by atoms with E-state index in [1.807, 2.05) is 0 Å². The van der Waals surface area contributed by atoms with E-state index >= 15 is 0 Å². The van der Waals surface area contributed by atoms with Gasteiger partial charge in [-0.3, -0.25) is 0 Å². The first kappa shape index (κ1) is 13.9. The molecule has 0 bridgehead atoms. The van der Waals surface area contributed by atoms with Crippen molar-refractivity contribution in [1.82, 2.24) is 5.16 Å². The molecule has 0 radical (unpaired) electrons. The first-order valence-corrected chi connectivity index (χ1v) is 5.84. The van der Waals surface area contributed by atoms with Crippen molar-refractivity contribution in [3.8, 4) is 0 Å². The smallest absolute Gasteiger partial charge is 0.340 e. The highest BCUT2D eigenvalue weighted by Crippen LogP contribution is 2.23. The average molecular weight is 279 g/mol. The Hall–Kier alpha value is -2.57. The van der Waals surface area contributed by atoms with Gasteiger partial charge < -0.3 is 20.3 Å². The largest absolute Gasteiger partial charge is 0.465 e. The molecule has 3 N–H and O–H groups in total. The van der Waals surface area contributed by atoms with Crippen LogP contribution in [0, 0.1) is 12.7 Å². The second-order valence-electron chi connectivity index (χ2n) is 4.20. The fourth-order valence-corrected chi connectivity index (χ4v) is 1.69. The van der Waals surface area contributed by atoms with Crippen molar-refractivity contribution < 1.29 is 18.4 Å². The Kier molecular flexibility index (Phi) is 3.88. The van der Waals surface area contributed by atoms with Crippen LogP contribution in [-0.2, 0) is 11.3 Å². The number of ether oxygens (including phenoxy) is 1. The fourth-order valence-electron chi connectivity index (χ4n) is 1.69. The number of methoxy groups -OCH3 is 1. The highest BCUT2D eigenvalue weighted by atomic mass is 19.1. The Morgan fingerprint density at radius 3 is 2.85 bits per heavy atom. The molecule has 0 aliphatic rings. The Morgan fingerprint density at radius 1 is 1.50 bits per heavy atom. The third-order valence-electron chi connectivity index (χ3n) is 2.67. The van der Waals surface area contributed by atoms with Crippen LogP contribution in [0.3, 0.4) is 0 Å². The average Bonchev–Trinajstić information content (AvgIpc) is 2.83. The molecule has 106 valence electrons. The van der Waals surface area contributed by atoms with Gasteiger partial charge in [-0.1, -0.05) is 5.16 Å². The molecule has 0 spiro atoms. The van der Waals surface area contributed by atoms with Crippen molar-refractivity contribution >= 4 is 17.3 Å². The lowest BCUT2D eigenvalue weighted by molar-refractivity contribution is 0.0602.